The molecule has 8 nitrogen and oxygen atoms in total. The maximum atomic E-state index is 12.6. The normalized spacial score (nSPS) is 15.1. The summed E-state index contributed by atoms with van der Waals surface area (Å²) in [6, 6.07) is 13.2. The molecule has 28 heavy (non-hydrogen) atoms. The molecule has 0 unspecified atom stereocenters. The summed E-state index contributed by atoms with van der Waals surface area (Å²) in [6.07, 6.45) is 0.0796. The van der Waals surface area contributed by atoms with E-state index >= 15 is 0 Å². The van der Waals surface area contributed by atoms with Crippen LogP contribution >= 0.6 is 0 Å². The lowest BCUT2D eigenvalue weighted by atomic mass is 10.1. The number of carbonyl (C=O) groups excluding carboxylic acids is 2. The SMILES string of the molecule is COC(=O)N(C)c1ccc(NC(=O)c2cccc(N3CCCS3(=O)=O)c2)cc1. The molecule has 0 saturated carbocycles. The van der Waals surface area contributed by atoms with Gasteiger partial charge >= 0.3 is 6.09 Å². The Bertz CT molecular complexity index is 989. The number of amides is 2. The molecule has 1 saturated heterocycles. The number of hydrogen-bond donors (Lipinski definition) is 1. The Kier molecular flexibility index (Phi) is 5.55. The maximum absolute atomic E-state index is 12.6. The summed E-state index contributed by atoms with van der Waals surface area (Å²) in [5.74, 6) is -0.233. The molecular weight excluding hydrogens is 382 g/mol. The summed E-state index contributed by atoms with van der Waals surface area (Å²) in [5.41, 5.74) is 2.01. The zero-order valence-electron chi connectivity index (χ0n) is 15.6. The monoisotopic (exact) mass is 403 g/mol. The molecule has 2 aromatic carbocycles. The van der Waals surface area contributed by atoms with E-state index < -0.39 is 16.1 Å². The molecule has 1 N–H and O–H groups in total. The minimum Gasteiger partial charge on any atom is -0.452 e. The van der Waals surface area contributed by atoms with Crippen molar-refractivity contribution < 1.29 is 22.7 Å². The average Bonchev–Trinajstić information content (AvgIpc) is 3.06. The summed E-state index contributed by atoms with van der Waals surface area (Å²) < 4.78 is 30.2. The highest BCUT2D eigenvalue weighted by atomic mass is 32.2. The number of sulfonamides is 1. The van der Waals surface area contributed by atoms with Crippen molar-refractivity contribution >= 4 is 39.1 Å². The first kappa shape index (κ1) is 19.7. The molecule has 0 aromatic heterocycles. The van der Waals surface area contributed by atoms with Crippen LogP contribution in [0.4, 0.5) is 21.9 Å². The molecule has 0 bridgehead atoms. The Morgan fingerprint density at radius 1 is 1.14 bits per heavy atom. The van der Waals surface area contributed by atoms with Gasteiger partial charge in [0.05, 0.1) is 18.6 Å². The van der Waals surface area contributed by atoms with E-state index in [-0.39, 0.29) is 11.7 Å². The minimum atomic E-state index is -3.30. The van der Waals surface area contributed by atoms with Crippen molar-refractivity contribution in [2.45, 2.75) is 6.42 Å². The van der Waals surface area contributed by atoms with Gasteiger partial charge < -0.3 is 10.1 Å². The largest absolute Gasteiger partial charge is 0.452 e. The van der Waals surface area contributed by atoms with Crippen LogP contribution in [0.15, 0.2) is 48.5 Å². The number of rotatable bonds is 4. The first-order valence-electron chi connectivity index (χ1n) is 8.65. The van der Waals surface area contributed by atoms with Crippen molar-refractivity contribution in [2.75, 3.05) is 41.0 Å². The van der Waals surface area contributed by atoms with Crippen LogP contribution in [-0.2, 0) is 14.8 Å². The Labute approximate surface area is 163 Å². The quantitative estimate of drug-likeness (QED) is 0.847. The van der Waals surface area contributed by atoms with Gasteiger partial charge in [-0.05, 0) is 48.9 Å². The van der Waals surface area contributed by atoms with Gasteiger partial charge in [0, 0.05) is 30.5 Å². The van der Waals surface area contributed by atoms with Gasteiger partial charge in [0.2, 0.25) is 10.0 Å². The molecule has 3 rings (SSSR count). The van der Waals surface area contributed by atoms with Gasteiger partial charge in [0.25, 0.3) is 5.91 Å². The molecule has 0 radical (unpaired) electrons. The molecular formula is C19H21N3O5S. The molecule has 0 aliphatic carbocycles. The number of benzene rings is 2. The van der Waals surface area contributed by atoms with E-state index in [9.17, 15) is 18.0 Å². The van der Waals surface area contributed by atoms with E-state index in [1.165, 1.54) is 16.3 Å². The zero-order valence-corrected chi connectivity index (χ0v) is 16.4. The molecule has 2 aromatic rings. The third kappa shape index (κ3) is 4.09. The van der Waals surface area contributed by atoms with Gasteiger partial charge in [-0.1, -0.05) is 6.07 Å². The van der Waals surface area contributed by atoms with Crippen LogP contribution in [0.5, 0.6) is 0 Å². The lowest BCUT2D eigenvalue weighted by Crippen LogP contribution is -2.25. The second-order valence-electron chi connectivity index (χ2n) is 6.32. The predicted octanol–water partition coefficient (Wildman–Crippen LogP) is 2.68. The molecule has 1 aliphatic rings. The number of hydrogen-bond acceptors (Lipinski definition) is 5. The van der Waals surface area contributed by atoms with E-state index in [0.29, 0.717) is 35.6 Å². The number of ether oxygens (including phenoxy) is 1. The highest BCUT2D eigenvalue weighted by Crippen LogP contribution is 2.25. The van der Waals surface area contributed by atoms with Gasteiger partial charge in [0.1, 0.15) is 0 Å². The second-order valence-corrected chi connectivity index (χ2v) is 8.33. The molecule has 1 heterocycles. The highest BCUT2D eigenvalue weighted by Gasteiger charge is 2.28. The second kappa shape index (κ2) is 7.89. The summed E-state index contributed by atoms with van der Waals surface area (Å²) in [5, 5.41) is 2.76. The van der Waals surface area contributed by atoms with E-state index in [2.05, 4.69) is 10.1 Å². The molecule has 1 aliphatic heterocycles. The number of anilines is 3. The van der Waals surface area contributed by atoms with Crippen LogP contribution in [0.3, 0.4) is 0 Å². The van der Waals surface area contributed by atoms with Crippen LogP contribution in [0.25, 0.3) is 0 Å². The fraction of sp³-hybridized carbons (Fsp3) is 0.263. The third-order valence-corrected chi connectivity index (χ3v) is 6.33. The van der Waals surface area contributed by atoms with Crippen LogP contribution in [0.2, 0.25) is 0 Å². The number of carbonyl (C=O) groups is 2. The van der Waals surface area contributed by atoms with Crippen LogP contribution in [0, 0.1) is 0 Å². The van der Waals surface area contributed by atoms with Crippen molar-refractivity contribution in [3.8, 4) is 0 Å². The fourth-order valence-corrected chi connectivity index (χ4v) is 4.50. The molecule has 9 heteroatoms. The smallest absolute Gasteiger partial charge is 0.413 e. The standard InChI is InChI=1S/C19H21N3O5S/c1-21(19(24)27-2)16-9-7-15(8-10-16)20-18(23)14-5-3-6-17(13-14)22-11-4-12-28(22,25)26/h3,5-10,13H,4,11-12H2,1-2H3,(H,20,23). The van der Waals surface area contributed by atoms with Gasteiger partial charge in [-0.3, -0.25) is 14.0 Å². The Hall–Kier alpha value is -3.07. The van der Waals surface area contributed by atoms with Crippen LogP contribution in [-0.4, -0.2) is 46.9 Å². The summed E-state index contributed by atoms with van der Waals surface area (Å²) in [6.45, 7) is 0.419. The van der Waals surface area contributed by atoms with Crippen molar-refractivity contribution in [1.82, 2.24) is 0 Å². The van der Waals surface area contributed by atoms with Gasteiger partial charge in [-0.15, -0.1) is 0 Å². The van der Waals surface area contributed by atoms with Gasteiger partial charge in [-0.2, -0.15) is 0 Å². The van der Waals surface area contributed by atoms with Crippen molar-refractivity contribution in [1.29, 1.82) is 0 Å². The molecule has 0 spiro atoms. The number of nitrogens with zero attached hydrogens (tertiary/aromatic N) is 2. The van der Waals surface area contributed by atoms with Crippen LogP contribution < -0.4 is 14.5 Å². The van der Waals surface area contributed by atoms with Crippen molar-refractivity contribution in [3.63, 3.8) is 0 Å². The van der Waals surface area contributed by atoms with E-state index in [1.807, 2.05) is 0 Å². The Morgan fingerprint density at radius 3 is 2.46 bits per heavy atom. The maximum Gasteiger partial charge on any atom is 0.413 e. The van der Waals surface area contributed by atoms with Crippen molar-refractivity contribution in [2.24, 2.45) is 0 Å². The summed E-state index contributed by atoms with van der Waals surface area (Å²) in [7, 11) is -0.423. The average molecular weight is 403 g/mol. The summed E-state index contributed by atoms with van der Waals surface area (Å²) >= 11 is 0. The van der Waals surface area contributed by atoms with Gasteiger partial charge in [0.15, 0.2) is 0 Å². The molecule has 148 valence electrons. The van der Waals surface area contributed by atoms with Gasteiger partial charge in [-0.25, -0.2) is 13.2 Å². The van der Waals surface area contributed by atoms with E-state index in [1.54, 1.807) is 55.6 Å². The fourth-order valence-electron chi connectivity index (χ4n) is 2.95. The lowest BCUT2D eigenvalue weighted by molar-refractivity contribution is 0.102. The third-order valence-electron chi connectivity index (χ3n) is 4.46. The number of nitrogens with one attached hydrogen (secondary N) is 1. The Morgan fingerprint density at radius 2 is 1.86 bits per heavy atom. The first-order valence-corrected chi connectivity index (χ1v) is 10.3. The molecule has 0 atom stereocenters. The van der Waals surface area contributed by atoms with Crippen LogP contribution in [0.1, 0.15) is 16.8 Å². The summed E-state index contributed by atoms with van der Waals surface area (Å²) in [4.78, 5) is 25.4. The first-order chi connectivity index (χ1) is 13.3. The topological polar surface area (TPSA) is 96.0 Å². The molecule has 2 amide bonds. The van der Waals surface area contributed by atoms with E-state index in [4.69, 9.17) is 0 Å². The number of methoxy groups -OCH3 is 1. The highest BCUT2D eigenvalue weighted by molar-refractivity contribution is 7.93. The zero-order chi connectivity index (χ0) is 20.3. The molecule has 1 fully saturated rings. The predicted molar refractivity (Wildman–Crippen MR) is 107 cm³/mol. The minimum absolute atomic E-state index is 0.121. The lowest BCUT2D eigenvalue weighted by Gasteiger charge is -2.18. The van der Waals surface area contributed by atoms with E-state index in [0.717, 1.165) is 0 Å². The van der Waals surface area contributed by atoms with Crippen molar-refractivity contribution in [3.05, 3.63) is 54.1 Å². The Balaban J connectivity index is 1.73.